The van der Waals surface area contributed by atoms with Crippen LogP contribution in [0.3, 0.4) is 0 Å². The van der Waals surface area contributed by atoms with E-state index in [-0.39, 0.29) is 25.2 Å². The predicted molar refractivity (Wildman–Crippen MR) is 90.4 cm³/mol. The van der Waals surface area contributed by atoms with Crippen LogP contribution in [0, 0.1) is 11.6 Å². The first kappa shape index (κ1) is 21.2. The number of aromatic nitrogens is 2. The van der Waals surface area contributed by atoms with Gasteiger partial charge in [0.2, 0.25) is 5.91 Å². The van der Waals surface area contributed by atoms with Gasteiger partial charge in [-0.25, -0.2) is 26.3 Å². The molecule has 0 atom stereocenters. The highest BCUT2D eigenvalue weighted by Crippen LogP contribution is 2.25. The minimum Gasteiger partial charge on any atom is -0.339 e. The van der Waals surface area contributed by atoms with Crippen molar-refractivity contribution in [2.45, 2.75) is 25.9 Å². The molecule has 0 spiro atoms. The van der Waals surface area contributed by atoms with Crippen molar-refractivity contribution in [3.05, 3.63) is 52.9 Å². The smallest absolute Gasteiger partial charge is 0.282 e. The highest BCUT2D eigenvalue weighted by atomic mass is 19.3. The minimum absolute atomic E-state index is 0.165. The second-order valence-electron chi connectivity index (χ2n) is 6.62. The number of alkyl halides is 4. The molecule has 29 heavy (non-hydrogen) atoms. The minimum atomic E-state index is -3.04. The summed E-state index contributed by atoms with van der Waals surface area (Å²) in [7, 11) is 0. The van der Waals surface area contributed by atoms with E-state index in [1.165, 1.54) is 17.0 Å². The molecule has 11 heteroatoms. The second kappa shape index (κ2) is 8.85. The summed E-state index contributed by atoms with van der Waals surface area (Å²) in [4.78, 5) is 15.6. The van der Waals surface area contributed by atoms with E-state index >= 15 is 0 Å². The molecule has 1 amide bonds. The van der Waals surface area contributed by atoms with Crippen molar-refractivity contribution in [3.63, 3.8) is 0 Å². The summed E-state index contributed by atoms with van der Waals surface area (Å²) in [5.41, 5.74) is -1.36. The summed E-state index contributed by atoms with van der Waals surface area (Å²) in [6.45, 7) is 0.796. The number of piperazine rings is 1. The highest BCUT2D eigenvalue weighted by molar-refractivity contribution is 5.76. The zero-order valence-electron chi connectivity index (χ0n) is 15.2. The molecule has 5 nitrogen and oxygen atoms in total. The molecule has 1 aliphatic heterocycles. The van der Waals surface area contributed by atoms with Crippen molar-refractivity contribution >= 4 is 5.91 Å². The third-order valence-electron chi connectivity index (χ3n) is 4.71. The monoisotopic (exact) mass is 420 g/mol. The summed E-state index contributed by atoms with van der Waals surface area (Å²) in [6, 6.07) is 4.50. The van der Waals surface area contributed by atoms with Crippen LogP contribution in [0.15, 0.2) is 24.3 Å². The lowest BCUT2D eigenvalue weighted by atomic mass is 10.1. The van der Waals surface area contributed by atoms with E-state index in [1.54, 1.807) is 0 Å². The quantitative estimate of drug-likeness (QED) is 0.673. The van der Waals surface area contributed by atoms with Crippen LogP contribution in [0.2, 0.25) is 0 Å². The number of halogens is 6. The Bertz CT molecular complexity index is 864. The molecule has 0 N–H and O–H groups in total. The standard InChI is InChI=1S/C18H18F6N4O/c19-12-3-1-2-11(16(12)20)9-26-4-6-27(7-5-26)15(29)10-28-14(18(23)24)8-13(25-28)17(21)22/h1-3,8,17-18H,4-7,9-10H2. The maximum absolute atomic E-state index is 13.8. The fourth-order valence-corrected chi connectivity index (χ4v) is 3.16. The van der Waals surface area contributed by atoms with Gasteiger partial charge in [0.25, 0.3) is 12.9 Å². The Balaban J connectivity index is 1.58. The van der Waals surface area contributed by atoms with Gasteiger partial charge in [-0.05, 0) is 12.1 Å². The van der Waals surface area contributed by atoms with Gasteiger partial charge >= 0.3 is 0 Å². The van der Waals surface area contributed by atoms with Crippen LogP contribution in [0.25, 0.3) is 0 Å². The molecular formula is C18H18F6N4O. The van der Waals surface area contributed by atoms with Gasteiger partial charge in [-0.15, -0.1) is 0 Å². The largest absolute Gasteiger partial charge is 0.339 e. The van der Waals surface area contributed by atoms with Crippen LogP contribution >= 0.6 is 0 Å². The predicted octanol–water partition coefficient (Wildman–Crippen LogP) is 3.38. The fourth-order valence-electron chi connectivity index (χ4n) is 3.16. The van der Waals surface area contributed by atoms with E-state index < -0.39 is 48.3 Å². The highest BCUT2D eigenvalue weighted by Gasteiger charge is 2.26. The molecule has 0 unspecified atom stereocenters. The number of carbonyl (C=O) groups excluding carboxylic acids is 1. The van der Waals surface area contributed by atoms with E-state index in [0.29, 0.717) is 23.8 Å². The van der Waals surface area contributed by atoms with Crippen molar-refractivity contribution in [1.29, 1.82) is 0 Å². The number of carbonyl (C=O) groups is 1. The average molecular weight is 420 g/mol. The first-order valence-electron chi connectivity index (χ1n) is 8.83. The lowest BCUT2D eigenvalue weighted by Crippen LogP contribution is -2.49. The normalized spacial score (nSPS) is 15.5. The van der Waals surface area contributed by atoms with Gasteiger partial charge in [0, 0.05) is 38.3 Å². The van der Waals surface area contributed by atoms with Gasteiger partial charge in [0.15, 0.2) is 11.6 Å². The van der Waals surface area contributed by atoms with E-state index in [9.17, 15) is 31.1 Å². The summed E-state index contributed by atoms with van der Waals surface area (Å²) in [5, 5.41) is 3.41. The van der Waals surface area contributed by atoms with Crippen molar-refractivity contribution in [2.24, 2.45) is 0 Å². The van der Waals surface area contributed by atoms with Gasteiger partial charge in [-0.3, -0.25) is 14.4 Å². The molecule has 1 aromatic carbocycles. The number of nitrogens with zero attached hydrogens (tertiary/aromatic N) is 4. The van der Waals surface area contributed by atoms with Crippen LogP contribution in [0.4, 0.5) is 26.3 Å². The van der Waals surface area contributed by atoms with Crippen molar-refractivity contribution in [3.8, 4) is 0 Å². The van der Waals surface area contributed by atoms with Gasteiger partial charge in [0.05, 0.1) is 0 Å². The molecule has 0 saturated carbocycles. The molecule has 3 rings (SSSR count). The first-order chi connectivity index (χ1) is 13.8. The Kier molecular flexibility index (Phi) is 6.46. The van der Waals surface area contributed by atoms with Crippen LogP contribution in [-0.4, -0.2) is 51.7 Å². The Labute approximate surface area is 162 Å². The lowest BCUT2D eigenvalue weighted by Gasteiger charge is -2.34. The van der Waals surface area contributed by atoms with Gasteiger partial charge in [0.1, 0.15) is 17.9 Å². The summed E-state index contributed by atoms with van der Waals surface area (Å²) < 4.78 is 79.2. The summed E-state index contributed by atoms with van der Waals surface area (Å²) in [5.74, 6) is -2.39. The number of benzene rings is 1. The fraction of sp³-hybridized carbons (Fsp3) is 0.444. The number of rotatable bonds is 6. The first-order valence-corrected chi connectivity index (χ1v) is 8.83. The van der Waals surface area contributed by atoms with Crippen LogP contribution < -0.4 is 0 Å². The molecule has 2 heterocycles. The molecule has 0 aliphatic carbocycles. The molecular weight excluding hydrogens is 402 g/mol. The summed E-state index contributed by atoms with van der Waals surface area (Å²) in [6.07, 6.45) is -6.06. The van der Waals surface area contributed by atoms with Crippen LogP contribution in [0.5, 0.6) is 0 Å². The Morgan fingerprint density at radius 3 is 2.34 bits per heavy atom. The van der Waals surface area contributed by atoms with E-state index in [0.717, 1.165) is 6.07 Å². The zero-order valence-corrected chi connectivity index (χ0v) is 15.2. The zero-order chi connectivity index (χ0) is 21.1. The van der Waals surface area contributed by atoms with Crippen LogP contribution in [0.1, 0.15) is 29.8 Å². The van der Waals surface area contributed by atoms with Gasteiger partial charge in [-0.2, -0.15) is 5.10 Å². The third kappa shape index (κ3) is 4.89. The van der Waals surface area contributed by atoms with E-state index in [2.05, 4.69) is 5.10 Å². The van der Waals surface area contributed by atoms with Crippen molar-refractivity contribution in [1.82, 2.24) is 19.6 Å². The molecule has 0 bridgehead atoms. The Morgan fingerprint density at radius 1 is 1.03 bits per heavy atom. The molecule has 1 saturated heterocycles. The van der Waals surface area contributed by atoms with E-state index in [4.69, 9.17) is 0 Å². The molecule has 0 radical (unpaired) electrons. The number of hydrogen-bond donors (Lipinski definition) is 0. The lowest BCUT2D eigenvalue weighted by molar-refractivity contribution is -0.134. The van der Waals surface area contributed by atoms with Gasteiger partial charge in [-0.1, -0.05) is 12.1 Å². The van der Waals surface area contributed by atoms with Crippen molar-refractivity contribution in [2.75, 3.05) is 26.2 Å². The molecule has 1 fully saturated rings. The Morgan fingerprint density at radius 2 is 1.72 bits per heavy atom. The maximum Gasteiger partial charge on any atom is 0.282 e. The Hall–Kier alpha value is -2.56. The average Bonchev–Trinajstić information content (AvgIpc) is 3.10. The summed E-state index contributed by atoms with van der Waals surface area (Å²) >= 11 is 0. The SMILES string of the molecule is O=C(Cn1nc(C(F)F)cc1C(F)F)N1CCN(Cc2cccc(F)c2F)CC1. The van der Waals surface area contributed by atoms with E-state index in [1.807, 2.05) is 4.90 Å². The molecule has 1 aromatic heterocycles. The molecule has 1 aliphatic rings. The second-order valence-corrected chi connectivity index (χ2v) is 6.62. The molecule has 2 aromatic rings. The maximum atomic E-state index is 13.8. The third-order valence-corrected chi connectivity index (χ3v) is 4.71. The molecule has 158 valence electrons. The van der Waals surface area contributed by atoms with Gasteiger partial charge < -0.3 is 4.90 Å². The van der Waals surface area contributed by atoms with Crippen LogP contribution in [-0.2, 0) is 17.9 Å². The van der Waals surface area contributed by atoms with Crippen molar-refractivity contribution < 1.29 is 31.1 Å². The number of hydrogen-bond acceptors (Lipinski definition) is 3. The topological polar surface area (TPSA) is 41.4 Å². The number of amides is 1.